The van der Waals surface area contributed by atoms with Gasteiger partial charge in [-0.15, -0.1) is 0 Å². The van der Waals surface area contributed by atoms with E-state index in [2.05, 4.69) is 4.98 Å². The first-order valence-electron chi connectivity index (χ1n) is 7.91. The Morgan fingerprint density at radius 2 is 2.04 bits per heavy atom. The molecule has 0 spiro atoms. The molecule has 1 unspecified atom stereocenters. The van der Waals surface area contributed by atoms with Crippen molar-refractivity contribution in [3.63, 3.8) is 0 Å². The van der Waals surface area contributed by atoms with Gasteiger partial charge in [0.1, 0.15) is 11.6 Å². The van der Waals surface area contributed by atoms with Gasteiger partial charge < -0.3 is 9.30 Å². The van der Waals surface area contributed by atoms with Gasteiger partial charge in [-0.2, -0.15) is 0 Å². The molecule has 0 aliphatic heterocycles. The lowest BCUT2D eigenvalue weighted by atomic mass is 9.95. The van der Waals surface area contributed by atoms with E-state index in [0.29, 0.717) is 28.9 Å². The fourth-order valence-electron chi connectivity index (χ4n) is 2.70. The number of halogens is 3. The van der Waals surface area contributed by atoms with Crippen molar-refractivity contribution in [3.8, 4) is 5.75 Å². The minimum absolute atomic E-state index is 0.118. The van der Waals surface area contributed by atoms with Crippen LogP contribution in [0.4, 0.5) is 4.39 Å². The molecule has 25 heavy (non-hydrogen) atoms. The summed E-state index contributed by atoms with van der Waals surface area (Å²) in [7, 11) is 0. The zero-order valence-electron chi connectivity index (χ0n) is 13.4. The van der Waals surface area contributed by atoms with Crippen molar-refractivity contribution in [1.82, 2.24) is 9.55 Å². The summed E-state index contributed by atoms with van der Waals surface area (Å²) in [5.41, 5.74) is 1.00. The van der Waals surface area contributed by atoms with E-state index in [1.54, 1.807) is 30.7 Å². The third-order valence-corrected chi connectivity index (χ3v) is 4.49. The van der Waals surface area contributed by atoms with E-state index in [1.165, 1.54) is 12.1 Å². The number of nitrogens with zero attached hydrogens (tertiary/aromatic N) is 2. The summed E-state index contributed by atoms with van der Waals surface area (Å²) in [4.78, 5) is 4.08. The standard InChI is InChI=1S/C19H17Cl2FN2O/c20-15-4-5-18(19(21)10-15)14(12-24-8-7-23-13-24)6-9-25-17-3-1-2-16(22)11-17/h1-5,7-8,10-11,13-14H,6,9,12H2. The maximum Gasteiger partial charge on any atom is 0.126 e. The Kier molecular flexibility index (Phi) is 5.95. The van der Waals surface area contributed by atoms with Crippen molar-refractivity contribution in [2.45, 2.75) is 18.9 Å². The highest BCUT2D eigenvalue weighted by molar-refractivity contribution is 6.35. The monoisotopic (exact) mass is 378 g/mol. The molecule has 0 aliphatic carbocycles. The molecule has 1 atom stereocenters. The van der Waals surface area contributed by atoms with Gasteiger partial charge >= 0.3 is 0 Å². The van der Waals surface area contributed by atoms with Gasteiger partial charge in [0.2, 0.25) is 0 Å². The summed E-state index contributed by atoms with van der Waals surface area (Å²) < 4.78 is 20.9. The summed E-state index contributed by atoms with van der Waals surface area (Å²) in [5.74, 6) is 0.323. The number of hydrogen-bond donors (Lipinski definition) is 0. The van der Waals surface area contributed by atoms with Crippen molar-refractivity contribution in [2.24, 2.45) is 0 Å². The van der Waals surface area contributed by atoms with Gasteiger partial charge in [0.25, 0.3) is 0 Å². The van der Waals surface area contributed by atoms with Crippen LogP contribution in [0.2, 0.25) is 10.0 Å². The first-order chi connectivity index (χ1) is 12.1. The van der Waals surface area contributed by atoms with Crippen molar-refractivity contribution in [1.29, 1.82) is 0 Å². The molecule has 0 radical (unpaired) electrons. The minimum Gasteiger partial charge on any atom is -0.493 e. The van der Waals surface area contributed by atoms with Crippen LogP contribution >= 0.6 is 23.2 Å². The van der Waals surface area contributed by atoms with E-state index in [4.69, 9.17) is 27.9 Å². The Morgan fingerprint density at radius 1 is 1.16 bits per heavy atom. The summed E-state index contributed by atoms with van der Waals surface area (Å²) in [6.45, 7) is 1.16. The second kappa shape index (κ2) is 8.37. The van der Waals surface area contributed by atoms with Gasteiger partial charge in [-0.3, -0.25) is 0 Å². The second-order valence-corrected chi connectivity index (χ2v) is 6.56. The number of ether oxygens (including phenoxy) is 1. The second-order valence-electron chi connectivity index (χ2n) is 5.72. The lowest BCUT2D eigenvalue weighted by molar-refractivity contribution is 0.289. The third-order valence-electron chi connectivity index (χ3n) is 3.92. The molecule has 130 valence electrons. The van der Waals surface area contributed by atoms with Crippen LogP contribution in [0.15, 0.2) is 61.2 Å². The number of aromatic nitrogens is 2. The van der Waals surface area contributed by atoms with Gasteiger partial charge in [0.15, 0.2) is 0 Å². The SMILES string of the molecule is Fc1cccc(OCCC(Cn2ccnc2)c2ccc(Cl)cc2Cl)c1. The maximum atomic E-state index is 13.2. The maximum absolute atomic E-state index is 13.2. The van der Waals surface area contributed by atoms with Gasteiger partial charge in [-0.25, -0.2) is 9.37 Å². The Hall–Kier alpha value is -2.04. The summed E-state index contributed by atoms with van der Waals surface area (Å²) >= 11 is 12.4. The topological polar surface area (TPSA) is 27.1 Å². The average molecular weight is 379 g/mol. The van der Waals surface area contributed by atoms with Gasteiger partial charge in [-0.05, 0) is 36.2 Å². The highest BCUT2D eigenvalue weighted by atomic mass is 35.5. The molecule has 3 nitrogen and oxygen atoms in total. The molecule has 0 aliphatic rings. The van der Waals surface area contributed by atoms with Crippen molar-refractivity contribution < 1.29 is 9.13 Å². The quantitative estimate of drug-likeness (QED) is 0.536. The smallest absolute Gasteiger partial charge is 0.126 e. The molecule has 0 N–H and O–H groups in total. The van der Waals surface area contributed by atoms with E-state index in [0.717, 1.165) is 12.0 Å². The van der Waals surface area contributed by atoms with E-state index in [9.17, 15) is 4.39 Å². The van der Waals surface area contributed by atoms with Crippen LogP contribution in [0.25, 0.3) is 0 Å². The lowest BCUT2D eigenvalue weighted by Crippen LogP contribution is -2.12. The normalized spacial score (nSPS) is 12.1. The predicted octanol–water partition coefficient (Wildman–Crippen LogP) is 5.58. The summed E-state index contributed by atoms with van der Waals surface area (Å²) in [6.07, 6.45) is 6.13. The summed E-state index contributed by atoms with van der Waals surface area (Å²) in [5, 5.41) is 1.23. The molecule has 0 amide bonds. The fourth-order valence-corrected chi connectivity index (χ4v) is 3.27. The number of rotatable bonds is 7. The molecule has 0 bridgehead atoms. The highest BCUT2D eigenvalue weighted by Crippen LogP contribution is 2.31. The van der Waals surface area contributed by atoms with Crippen molar-refractivity contribution >= 4 is 23.2 Å². The molecular formula is C19H17Cl2FN2O. The first kappa shape index (κ1) is 17.8. The van der Waals surface area contributed by atoms with Gasteiger partial charge in [0, 0.05) is 41.0 Å². The zero-order valence-corrected chi connectivity index (χ0v) is 14.9. The lowest BCUT2D eigenvalue weighted by Gasteiger charge is -2.20. The molecule has 1 aromatic heterocycles. The molecule has 3 rings (SSSR count). The molecule has 0 fully saturated rings. The predicted molar refractivity (Wildman–Crippen MR) is 97.9 cm³/mol. The van der Waals surface area contributed by atoms with Crippen LogP contribution in [0, 0.1) is 5.82 Å². The van der Waals surface area contributed by atoms with Gasteiger partial charge in [-0.1, -0.05) is 35.3 Å². The van der Waals surface area contributed by atoms with E-state index in [1.807, 2.05) is 22.9 Å². The van der Waals surface area contributed by atoms with E-state index >= 15 is 0 Å². The molecule has 0 saturated carbocycles. The van der Waals surface area contributed by atoms with Crippen molar-refractivity contribution in [3.05, 3.63) is 82.6 Å². The highest BCUT2D eigenvalue weighted by Gasteiger charge is 2.16. The Labute approximate surface area is 156 Å². The third kappa shape index (κ3) is 4.97. The average Bonchev–Trinajstić information content (AvgIpc) is 3.07. The number of hydrogen-bond acceptors (Lipinski definition) is 2. The van der Waals surface area contributed by atoms with Gasteiger partial charge in [0.05, 0.1) is 12.9 Å². The van der Waals surface area contributed by atoms with Crippen LogP contribution in [0.1, 0.15) is 17.9 Å². The van der Waals surface area contributed by atoms with Crippen LogP contribution in [-0.4, -0.2) is 16.2 Å². The van der Waals surface area contributed by atoms with Crippen LogP contribution in [-0.2, 0) is 6.54 Å². The molecule has 2 aromatic carbocycles. The summed E-state index contributed by atoms with van der Waals surface area (Å²) in [6, 6.07) is 11.6. The minimum atomic E-state index is -0.312. The van der Waals surface area contributed by atoms with Crippen LogP contribution < -0.4 is 4.74 Å². The number of imidazole rings is 1. The molecular weight excluding hydrogens is 362 g/mol. The zero-order chi connectivity index (χ0) is 17.6. The molecule has 0 saturated heterocycles. The fraction of sp³-hybridized carbons (Fsp3) is 0.211. The Balaban J connectivity index is 1.72. The Bertz CT molecular complexity index is 824. The first-order valence-corrected chi connectivity index (χ1v) is 8.66. The Morgan fingerprint density at radius 3 is 2.76 bits per heavy atom. The van der Waals surface area contributed by atoms with Crippen LogP contribution in [0.3, 0.4) is 0 Å². The molecule has 6 heteroatoms. The van der Waals surface area contributed by atoms with Crippen molar-refractivity contribution in [2.75, 3.05) is 6.61 Å². The van der Waals surface area contributed by atoms with E-state index in [-0.39, 0.29) is 11.7 Å². The van der Waals surface area contributed by atoms with E-state index < -0.39 is 0 Å². The largest absolute Gasteiger partial charge is 0.493 e. The molecule has 3 aromatic rings. The number of benzene rings is 2. The van der Waals surface area contributed by atoms with Crippen LogP contribution in [0.5, 0.6) is 5.75 Å². The molecule has 1 heterocycles.